The van der Waals surface area contributed by atoms with Crippen molar-refractivity contribution >= 4 is 51.1 Å². The fraction of sp³-hybridized carbons (Fsp3) is 0.462. The number of esters is 1. The number of carbonyl (C=O) groups is 1. The average molecular weight is 405 g/mol. The van der Waals surface area contributed by atoms with Gasteiger partial charge in [0.05, 0.1) is 6.54 Å². The first-order valence-electron chi connectivity index (χ1n) is 6.39. The van der Waals surface area contributed by atoms with Gasteiger partial charge in [-0.3, -0.25) is 8.98 Å². The molecule has 1 aromatic rings. The van der Waals surface area contributed by atoms with Crippen molar-refractivity contribution in [1.29, 1.82) is 0 Å². The molecule has 10 heteroatoms. The van der Waals surface area contributed by atoms with Crippen molar-refractivity contribution in [1.82, 2.24) is 4.72 Å². The molecular formula is C13H16Cl3NO5S. The summed E-state index contributed by atoms with van der Waals surface area (Å²) >= 11 is 16.3. The number of nitrogens with one attached hydrogen (secondary N) is 1. The molecule has 0 aliphatic heterocycles. The van der Waals surface area contributed by atoms with E-state index in [2.05, 4.69) is 8.91 Å². The molecule has 130 valence electrons. The zero-order valence-electron chi connectivity index (χ0n) is 12.4. The first kappa shape index (κ1) is 20.5. The van der Waals surface area contributed by atoms with Crippen molar-refractivity contribution in [3.05, 3.63) is 35.9 Å². The number of rotatable bonds is 7. The minimum atomic E-state index is -4.19. The van der Waals surface area contributed by atoms with Crippen LogP contribution >= 0.6 is 34.8 Å². The van der Waals surface area contributed by atoms with Crippen molar-refractivity contribution in [3.63, 3.8) is 0 Å². The second kappa shape index (κ2) is 8.00. The molecule has 0 saturated carbocycles. The highest BCUT2D eigenvalue weighted by atomic mass is 35.6. The summed E-state index contributed by atoms with van der Waals surface area (Å²) in [6, 6.07) is 8.68. The molecule has 0 fully saturated rings. The van der Waals surface area contributed by atoms with E-state index < -0.39 is 32.3 Å². The van der Waals surface area contributed by atoms with Crippen LogP contribution in [0.2, 0.25) is 0 Å². The van der Waals surface area contributed by atoms with Gasteiger partial charge in [0.15, 0.2) is 0 Å². The van der Waals surface area contributed by atoms with Gasteiger partial charge < -0.3 is 4.74 Å². The maximum atomic E-state index is 11.8. The number of ether oxygens (including phenoxy) is 1. The van der Waals surface area contributed by atoms with Crippen molar-refractivity contribution in [2.75, 3.05) is 13.2 Å². The SMILES string of the molecule is CC(=O)OC(C)(CNS(=O)(=O)OCC(Cl)(Cl)Cl)c1ccccc1. The molecule has 0 aliphatic carbocycles. The molecule has 1 aromatic carbocycles. The Hall–Kier alpha value is -0.570. The van der Waals surface area contributed by atoms with E-state index in [-0.39, 0.29) is 6.54 Å². The van der Waals surface area contributed by atoms with E-state index in [0.717, 1.165) is 0 Å². The predicted octanol–water partition coefficient (Wildman–Crippen LogP) is 2.69. The molecule has 1 rings (SSSR count). The second-order valence-corrected chi connectivity index (χ2v) is 8.79. The standard InChI is InChI=1S/C13H16Cl3NO5S/c1-10(18)22-12(2,11-6-4-3-5-7-11)8-17-23(19,20)21-9-13(14,15)16/h3-7,17H,8-9H2,1-2H3. The lowest BCUT2D eigenvalue weighted by Crippen LogP contribution is -2.42. The van der Waals surface area contributed by atoms with Crippen LogP contribution in [-0.4, -0.2) is 31.3 Å². The molecule has 23 heavy (non-hydrogen) atoms. The molecule has 0 amide bonds. The molecule has 0 heterocycles. The van der Waals surface area contributed by atoms with Crippen LogP contribution in [0.15, 0.2) is 30.3 Å². The summed E-state index contributed by atoms with van der Waals surface area (Å²) in [6.45, 7) is 1.90. The zero-order valence-corrected chi connectivity index (χ0v) is 15.5. The van der Waals surface area contributed by atoms with Crippen LogP contribution in [0.1, 0.15) is 19.4 Å². The Balaban J connectivity index is 2.85. The van der Waals surface area contributed by atoms with E-state index in [4.69, 9.17) is 39.5 Å². The third-order valence-electron chi connectivity index (χ3n) is 2.72. The number of alkyl halides is 3. The minimum Gasteiger partial charge on any atom is -0.453 e. The van der Waals surface area contributed by atoms with Gasteiger partial charge >= 0.3 is 16.3 Å². The normalized spacial score (nSPS) is 15.0. The Kier molecular flexibility index (Phi) is 7.12. The molecule has 0 aromatic heterocycles. The number of hydrogen-bond acceptors (Lipinski definition) is 5. The van der Waals surface area contributed by atoms with Crippen LogP contribution < -0.4 is 4.72 Å². The van der Waals surface area contributed by atoms with E-state index in [1.807, 2.05) is 0 Å². The summed E-state index contributed by atoms with van der Waals surface area (Å²) in [5.41, 5.74) is -0.608. The van der Waals surface area contributed by atoms with E-state index in [1.165, 1.54) is 6.92 Å². The van der Waals surface area contributed by atoms with Gasteiger partial charge in [-0.05, 0) is 12.5 Å². The summed E-state index contributed by atoms with van der Waals surface area (Å²) in [4.78, 5) is 11.3. The van der Waals surface area contributed by atoms with E-state index in [0.29, 0.717) is 5.56 Å². The average Bonchev–Trinajstić information content (AvgIpc) is 2.43. The number of carbonyl (C=O) groups excluding carboxylic acids is 1. The summed E-state index contributed by atoms with van der Waals surface area (Å²) in [6.07, 6.45) is 0. The Labute approximate surface area is 150 Å². The zero-order chi connectivity index (χ0) is 17.7. The number of hydrogen-bond donors (Lipinski definition) is 1. The van der Waals surface area contributed by atoms with Crippen LogP contribution in [0.4, 0.5) is 0 Å². The monoisotopic (exact) mass is 403 g/mol. The molecule has 0 radical (unpaired) electrons. The summed E-state index contributed by atoms with van der Waals surface area (Å²) in [7, 11) is -4.19. The quantitative estimate of drug-likeness (QED) is 0.558. The van der Waals surface area contributed by atoms with Gasteiger partial charge in [0.1, 0.15) is 12.2 Å². The lowest BCUT2D eigenvalue weighted by molar-refractivity contribution is -0.155. The Morgan fingerprint density at radius 2 is 1.78 bits per heavy atom. The number of halogens is 3. The third kappa shape index (κ3) is 7.69. The van der Waals surface area contributed by atoms with Gasteiger partial charge in [-0.25, -0.2) is 0 Å². The summed E-state index contributed by atoms with van der Waals surface area (Å²) in [5, 5.41) is 0. The van der Waals surface area contributed by atoms with Crippen molar-refractivity contribution in [3.8, 4) is 0 Å². The van der Waals surface area contributed by atoms with Crippen molar-refractivity contribution in [2.45, 2.75) is 23.2 Å². The molecule has 0 spiro atoms. The lowest BCUT2D eigenvalue weighted by Gasteiger charge is -2.29. The lowest BCUT2D eigenvalue weighted by atomic mass is 9.96. The van der Waals surface area contributed by atoms with Crippen LogP contribution in [0.5, 0.6) is 0 Å². The molecule has 0 bridgehead atoms. The van der Waals surface area contributed by atoms with Crippen LogP contribution in [-0.2, 0) is 29.6 Å². The minimum absolute atomic E-state index is 0.251. The van der Waals surface area contributed by atoms with Gasteiger partial charge in [0.2, 0.25) is 3.79 Å². The molecule has 6 nitrogen and oxygen atoms in total. The largest absolute Gasteiger partial charge is 0.453 e. The second-order valence-electron chi connectivity index (χ2n) is 4.84. The molecule has 0 aliphatic rings. The summed E-state index contributed by atoms with van der Waals surface area (Å²) < 4.78 is 33.7. The first-order valence-corrected chi connectivity index (χ1v) is 8.94. The fourth-order valence-electron chi connectivity index (χ4n) is 1.72. The molecule has 1 atom stereocenters. The number of benzene rings is 1. The highest BCUT2D eigenvalue weighted by Gasteiger charge is 2.33. The van der Waals surface area contributed by atoms with Crippen LogP contribution in [0.3, 0.4) is 0 Å². The maximum Gasteiger partial charge on any atom is 0.336 e. The predicted molar refractivity (Wildman–Crippen MR) is 88.7 cm³/mol. The first-order chi connectivity index (χ1) is 10.4. The van der Waals surface area contributed by atoms with E-state index in [1.54, 1.807) is 37.3 Å². The Morgan fingerprint density at radius 3 is 2.26 bits per heavy atom. The highest BCUT2D eigenvalue weighted by molar-refractivity contribution is 7.84. The smallest absolute Gasteiger partial charge is 0.336 e. The van der Waals surface area contributed by atoms with Gasteiger partial charge in [0, 0.05) is 6.92 Å². The highest BCUT2D eigenvalue weighted by Crippen LogP contribution is 2.27. The topological polar surface area (TPSA) is 81.7 Å². The maximum absolute atomic E-state index is 11.8. The van der Waals surface area contributed by atoms with Crippen molar-refractivity contribution < 1.29 is 22.1 Å². The van der Waals surface area contributed by atoms with E-state index >= 15 is 0 Å². The molecule has 1 unspecified atom stereocenters. The summed E-state index contributed by atoms with van der Waals surface area (Å²) in [5.74, 6) is -0.558. The van der Waals surface area contributed by atoms with Crippen molar-refractivity contribution in [2.24, 2.45) is 0 Å². The Bertz CT molecular complexity index is 633. The fourth-order valence-corrected chi connectivity index (χ4v) is 2.94. The van der Waals surface area contributed by atoms with Gasteiger partial charge in [0.25, 0.3) is 0 Å². The molecule has 0 saturated heterocycles. The van der Waals surface area contributed by atoms with Crippen LogP contribution in [0.25, 0.3) is 0 Å². The Morgan fingerprint density at radius 1 is 1.22 bits per heavy atom. The molecular weight excluding hydrogens is 389 g/mol. The third-order valence-corrected chi connectivity index (χ3v) is 3.97. The molecule has 1 N–H and O–H groups in total. The van der Waals surface area contributed by atoms with Gasteiger partial charge in [-0.15, -0.1) is 0 Å². The van der Waals surface area contributed by atoms with E-state index in [9.17, 15) is 13.2 Å². The van der Waals surface area contributed by atoms with Crippen LogP contribution in [0, 0.1) is 0 Å². The van der Waals surface area contributed by atoms with Gasteiger partial charge in [-0.1, -0.05) is 65.1 Å². The van der Waals surface area contributed by atoms with Gasteiger partial charge in [-0.2, -0.15) is 13.1 Å².